The molecule has 2 rings (SSSR count). The lowest BCUT2D eigenvalue weighted by molar-refractivity contribution is 0.0635. The van der Waals surface area contributed by atoms with Gasteiger partial charge in [-0.25, -0.2) is 9.18 Å². The molecule has 23 heavy (non-hydrogen) atoms. The summed E-state index contributed by atoms with van der Waals surface area (Å²) in [5.74, 6) is -0.489. The first-order chi connectivity index (χ1) is 10.8. The van der Waals surface area contributed by atoms with Crippen LogP contribution in [0.3, 0.4) is 0 Å². The average Bonchev–Trinajstić information content (AvgIpc) is 2.47. The highest BCUT2D eigenvalue weighted by Gasteiger charge is 2.18. The summed E-state index contributed by atoms with van der Waals surface area (Å²) < 4.78 is 19.0. The Balaban J connectivity index is 1.93. The SMILES string of the molecule is CC(C)(C)OC(=O)Nc1cc(NCC2CCCCN2)ccc1F. The van der Waals surface area contributed by atoms with E-state index in [0.29, 0.717) is 6.04 Å². The van der Waals surface area contributed by atoms with Gasteiger partial charge in [-0.15, -0.1) is 0 Å². The van der Waals surface area contributed by atoms with Crippen molar-refractivity contribution in [2.45, 2.75) is 51.7 Å². The molecule has 5 nitrogen and oxygen atoms in total. The maximum atomic E-state index is 13.8. The number of benzene rings is 1. The van der Waals surface area contributed by atoms with E-state index in [1.165, 1.54) is 18.9 Å². The molecule has 1 aliphatic heterocycles. The Bertz CT molecular complexity index is 537. The van der Waals surface area contributed by atoms with E-state index in [4.69, 9.17) is 4.74 Å². The number of ether oxygens (including phenoxy) is 1. The Hall–Kier alpha value is -1.82. The lowest BCUT2D eigenvalue weighted by Gasteiger charge is -2.24. The highest BCUT2D eigenvalue weighted by molar-refractivity contribution is 5.85. The smallest absolute Gasteiger partial charge is 0.412 e. The molecule has 0 aliphatic carbocycles. The van der Waals surface area contributed by atoms with Crippen LogP contribution in [0, 0.1) is 5.82 Å². The lowest BCUT2D eigenvalue weighted by Crippen LogP contribution is -2.39. The van der Waals surface area contributed by atoms with Crippen LogP contribution in [0.4, 0.5) is 20.6 Å². The zero-order valence-corrected chi connectivity index (χ0v) is 14.0. The number of hydrogen-bond donors (Lipinski definition) is 3. The lowest BCUT2D eigenvalue weighted by atomic mass is 10.1. The highest BCUT2D eigenvalue weighted by Crippen LogP contribution is 2.21. The molecule has 1 atom stereocenters. The van der Waals surface area contributed by atoms with E-state index in [1.54, 1.807) is 32.9 Å². The van der Waals surface area contributed by atoms with Crippen molar-refractivity contribution in [3.8, 4) is 0 Å². The monoisotopic (exact) mass is 323 g/mol. The largest absolute Gasteiger partial charge is 0.444 e. The summed E-state index contributed by atoms with van der Waals surface area (Å²) in [6.07, 6.45) is 2.92. The van der Waals surface area contributed by atoms with Gasteiger partial charge in [-0.1, -0.05) is 6.42 Å². The summed E-state index contributed by atoms with van der Waals surface area (Å²) in [4.78, 5) is 11.8. The van der Waals surface area contributed by atoms with Crippen LogP contribution < -0.4 is 16.0 Å². The number of carbonyl (C=O) groups is 1. The molecule has 1 heterocycles. The Morgan fingerprint density at radius 1 is 1.39 bits per heavy atom. The molecule has 0 radical (unpaired) electrons. The van der Waals surface area contributed by atoms with Crippen LogP contribution in [0.5, 0.6) is 0 Å². The van der Waals surface area contributed by atoms with Crippen molar-refractivity contribution in [2.24, 2.45) is 0 Å². The van der Waals surface area contributed by atoms with Crippen LogP contribution in [0.15, 0.2) is 18.2 Å². The second kappa shape index (κ2) is 7.64. The van der Waals surface area contributed by atoms with Gasteiger partial charge < -0.3 is 15.4 Å². The molecule has 0 bridgehead atoms. The van der Waals surface area contributed by atoms with E-state index in [2.05, 4.69) is 16.0 Å². The highest BCUT2D eigenvalue weighted by atomic mass is 19.1. The summed E-state index contributed by atoms with van der Waals surface area (Å²) in [6, 6.07) is 5.01. The van der Waals surface area contributed by atoms with Crippen molar-refractivity contribution in [1.29, 1.82) is 0 Å². The van der Waals surface area contributed by atoms with Crippen LogP contribution in [0.2, 0.25) is 0 Å². The first-order valence-corrected chi connectivity index (χ1v) is 8.10. The van der Waals surface area contributed by atoms with E-state index in [-0.39, 0.29) is 5.69 Å². The van der Waals surface area contributed by atoms with Gasteiger partial charge in [-0.05, 0) is 58.4 Å². The molecule has 6 heteroatoms. The number of hydrogen-bond acceptors (Lipinski definition) is 4. The third-order valence-corrected chi connectivity index (χ3v) is 3.57. The number of nitrogens with one attached hydrogen (secondary N) is 3. The van der Waals surface area contributed by atoms with Crippen molar-refractivity contribution < 1.29 is 13.9 Å². The molecule has 1 aromatic rings. The summed E-state index contributed by atoms with van der Waals surface area (Å²) in [5, 5.41) is 9.18. The maximum Gasteiger partial charge on any atom is 0.412 e. The molecule has 1 aromatic carbocycles. The quantitative estimate of drug-likeness (QED) is 0.790. The predicted molar refractivity (Wildman–Crippen MR) is 90.4 cm³/mol. The van der Waals surface area contributed by atoms with Gasteiger partial charge in [0.05, 0.1) is 5.69 Å². The molecule has 1 unspecified atom stereocenters. The Labute approximate surface area is 137 Å². The standard InChI is InChI=1S/C17H26FN3O2/c1-17(2,3)23-16(22)21-15-10-12(7-8-14(15)18)20-11-13-6-4-5-9-19-13/h7-8,10,13,19-20H,4-6,9,11H2,1-3H3,(H,21,22). The fraction of sp³-hybridized carbons (Fsp3) is 0.588. The maximum absolute atomic E-state index is 13.8. The first kappa shape index (κ1) is 17.5. The van der Waals surface area contributed by atoms with E-state index < -0.39 is 17.5 Å². The second-order valence-corrected chi connectivity index (χ2v) is 6.85. The van der Waals surface area contributed by atoms with Gasteiger partial charge in [0.15, 0.2) is 0 Å². The van der Waals surface area contributed by atoms with Gasteiger partial charge in [0.2, 0.25) is 0 Å². The second-order valence-electron chi connectivity index (χ2n) is 6.85. The predicted octanol–water partition coefficient (Wildman–Crippen LogP) is 3.73. The van der Waals surface area contributed by atoms with Gasteiger partial charge in [0, 0.05) is 18.3 Å². The van der Waals surface area contributed by atoms with Crippen LogP contribution >= 0.6 is 0 Å². The van der Waals surface area contributed by atoms with Gasteiger partial charge in [-0.2, -0.15) is 0 Å². The van der Waals surface area contributed by atoms with Gasteiger partial charge >= 0.3 is 6.09 Å². The van der Waals surface area contributed by atoms with Crippen LogP contribution in [0.25, 0.3) is 0 Å². The topological polar surface area (TPSA) is 62.4 Å². The Morgan fingerprint density at radius 3 is 2.83 bits per heavy atom. The van der Waals surface area contributed by atoms with E-state index in [0.717, 1.165) is 25.2 Å². The molecular weight excluding hydrogens is 297 g/mol. The van der Waals surface area contributed by atoms with Gasteiger partial charge in [0.1, 0.15) is 11.4 Å². The molecule has 1 amide bonds. The zero-order valence-electron chi connectivity index (χ0n) is 14.0. The van der Waals surface area contributed by atoms with Crippen LogP contribution in [0.1, 0.15) is 40.0 Å². The van der Waals surface area contributed by atoms with Crippen LogP contribution in [-0.2, 0) is 4.74 Å². The number of amides is 1. The molecule has 0 saturated carbocycles. The van der Waals surface area contributed by atoms with Crippen molar-refractivity contribution in [2.75, 3.05) is 23.7 Å². The van der Waals surface area contributed by atoms with Crippen molar-refractivity contribution in [3.05, 3.63) is 24.0 Å². The molecular formula is C17H26FN3O2. The third kappa shape index (κ3) is 6.06. The minimum Gasteiger partial charge on any atom is -0.444 e. The molecule has 1 aliphatic rings. The summed E-state index contributed by atoms with van der Waals surface area (Å²) >= 11 is 0. The third-order valence-electron chi connectivity index (χ3n) is 3.57. The van der Waals surface area contributed by atoms with Gasteiger partial charge in [0.25, 0.3) is 0 Å². The average molecular weight is 323 g/mol. The number of anilines is 2. The minimum absolute atomic E-state index is 0.112. The van der Waals surface area contributed by atoms with E-state index in [1.807, 2.05) is 0 Å². The number of piperidine rings is 1. The first-order valence-electron chi connectivity index (χ1n) is 8.10. The van der Waals surface area contributed by atoms with E-state index in [9.17, 15) is 9.18 Å². The van der Waals surface area contributed by atoms with E-state index >= 15 is 0 Å². The number of rotatable bonds is 4. The van der Waals surface area contributed by atoms with Gasteiger partial charge in [-0.3, -0.25) is 5.32 Å². The summed E-state index contributed by atoms with van der Waals surface area (Å²) in [7, 11) is 0. The zero-order chi connectivity index (χ0) is 16.9. The van der Waals surface area contributed by atoms with Crippen molar-refractivity contribution in [1.82, 2.24) is 5.32 Å². The fourth-order valence-electron chi connectivity index (χ4n) is 2.48. The van der Waals surface area contributed by atoms with Crippen LogP contribution in [-0.4, -0.2) is 30.8 Å². The molecule has 0 aromatic heterocycles. The molecule has 1 saturated heterocycles. The summed E-state index contributed by atoms with van der Waals surface area (Å²) in [6.45, 7) is 7.10. The molecule has 128 valence electrons. The Morgan fingerprint density at radius 2 is 2.17 bits per heavy atom. The summed E-state index contributed by atoms with van der Waals surface area (Å²) in [5.41, 5.74) is 0.258. The molecule has 1 fully saturated rings. The normalized spacial score (nSPS) is 18.3. The van der Waals surface area contributed by atoms with Crippen molar-refractivity contribution >= 4 is 17.5 Å². The Kier molecular flexibility index (Phi) is 5.82. The number of halogens is 1. The fourth-order valence-corrected chi connectivity index (χ4v) is 2.48. The minimum atomic E-state index is -0.664. The van der Waals surface area contributed by atoms with Crippen molar-refractivity contribution in [3.63, 3.8) is 0 Å². The number of carbonyl (C=O) groups excluding carboxylic acids is 1. The molecule has 0 spiro atoms. The molecule has 3 N–H and O–H groups in total.